The zero-order valence-electron chi connectivity index (χ0n) is 10.3. The minimum absolute atomic E-state index is 0.254. The van der Waals surface area contributed by atoms with Crippen LogP contribution in [0.15, 0.2) is 17.5 Å². The molecule has 0 aromatic carbocycles. The van der Waals surface area contributed by atoms with Crippen molar-refractivity contribution < 1.29 is 4.79 Å². The van der Waals surface area contributed by atoms with Gasteiger partial charge in [0.05, 0.1) is 6.42 Å². The number of hydrogen-bond donors (Lipinski definition) is 1. The number of nitrogens with zero attached hydrogens (tertiary/aromatic N) is 1. The molecule has 4 heteroatoms. The number of carbonyl (C=O) groups is 1. The van der Waals surface area contributed by atoms with Crippen molar-refractivity contribution in [3.05, 3.63) is 22.4 Å². The quantitative estimate of drug-likeness (QED) is 0.892. The molecule has 0 radical (unpaired) electrons. The van der Waals surface area contributed by atoms with Gasteiger partial charge in [-0.05, 0) is 37.1 Å². The van der Waals surface area contributed by atoms with Crippen LogP contribution in [0.4, 0.5) is 0 Å². The highest BCUT2D eigenvalue weighted by Gasteiger charge is 2.24. The van der Waals surface area contributed by atoms with Gasteiger partial charge in [-0.15, -0.1) is 11.3 Å². The van der Waals surface area contributed by atoms with Gasteiger partial charge in [0.25, 0.3) is 0 Å². The van der Waals surface area contributed by atoms with Crippen LogP contribution in [-0.2, 0) is 11.2 Å². The smallest absolute Gasteiger partial charge is 0.227 e. The summed E-state index contributed by atoms with van der Waals surface area (Å²) in [5.41, 5.74) is 5.90. The lowest BCUT2D eigenvalue weighted by atomic mass is 9.91. The van der Waals surface area contributed by atoms with Gasteiger partial charge in [0.1, 0.15) is 0 Å². The second kappa shape index (κ2) is 5.65. The molecule has 0 aliphatic carbocycles. The van der Waals surface area contributed by atoms with Crippen LogP contribution in [0.2, 0.25) is 0 Å². The fourth-order valence-corrected chi connectivity index (χ4v) is 3.04. The first kappa shape index (κ1) is 12.6. The van der Waals surface area contributed by atoms with Crippen LogP contribution in [0.3, 0.4) is 0 Å². The van der Waals surface area contributed by atoms with Crippen molar-refractivity contribution in [2.45, 2.75) is 32.2 Å². The van der Waals surface area contributed by atoms with Gasteiger partial charge in [-0.25, -0.2) is 0 Å². The summed E-state index contributed by atoms with van der Waals surface area (Å²) < 4.78 is 0. The van der Waals surface area contributed by atoms with Crippen molar-refractivity contribution >= 4 is 17.2 Å². The SMILES string of the molecule is CC(N)C1CCN(C(=O)Cc2cccs2)CC1. The van der Waals surface area contributed by atoms with Crippen molar-refractivity contribution in [1.29, 1.82) is 0 Å². The van der Waals surface area contributed by atoms with Crippen LogP contribution >= 0.6 is 11.3 Å². The Balaban J connectivity index is 1.82. The molecule has 1 aliphatic heterocycles. The molecule has 17 heavy (non-hydrogen) atoms. The van der Waals surface area contributed by atoms with Gasteiger partial charge in [-0.1, -0.05) is 6.07 Å². The molecule has 1 unspecified atom stereocenters. The van der Waals surface area contributed by atoms with E-state index in [4.69, 9.17) is 5.73 Å². The second-order valence-electron chi connectivity index (χ2n) is 4.83. The highest BCUT2D eigenvalue weighted by molar-refractivity contribution is 7.10. The Morgan fingerprint density at radius 1 is 1.59 bits per heavy atom. The Labute approximate surface area is 107 Å². The molecule has 1 aliphatic rings. The minimum Gasteiger partial charge on any atom is -0.342 e. The first-order valence-electron chi connectivity index (χ1n) is 6.22. The van der Waals surface area contributed by atoms with E-state index in [0.717, 1.165) is 30.8 Å². The van der Waals surface area contributed by atoms with Crippen LogP contribution in [0, 0.1) is 5.92 Å². The van der Waals surface area contributed by atoms with E-state index in [1.165, 1.54) is 0 Å². The molecular weight excluding hydrogens is 232 g/mol. The van der Waals surface area contributed by atoms with Crippen LogP contribution < -0.4 is 5.73 Å². The van der Waals surface area contributed by atoms with Gasteiger partial charge in [-0.3, -0.25) is 4.79 Å². The summed E-state index contributed by atoms with van der Waals surface area (Å²) in [6.07, 6.45) is 2.65. The average molecular weight is 252 g/mol. The van der Waals surface area contributed by atoms with Gasteiger partial charge in [0.2, 0.25) is 5.91 Å². The van der Waals surface area contributed by atoms with E-state index in [-0.39, 0.29) is 11.9 Å². The Hall–Kier alpha value is -0.870. The van der Waals surface area contributed by atoms with Crippen molar-refractivity contribution in [3.8, 4) is 0 Å². The van der Waals surface area contributed by atoms with E-state index in [0.29, 0.717) is 12.3 Å². The summed E-state index contributed by atoms with van der Waals surface area (Å²) in [5.74, 6) is 0.844. The maximum atomic E-state index is 12.0. The summed E-state index contributed by atoms with van der Waals surface area (Å²) in [6.45, 7) is 3.81. The largest absolute Gasteiger partial charge is 0.342 e. The number of rotatable bonds is 3. The maximum absolute atomic E-state index is 12.0. The number of nitrogens with two attached hydrogens (primary N) is 1. The lowest BCUT2D eigenvalue weighted by Crippen LogP contribution is -2.43. The van der Waals surface area contributed by atoms with Crippen LogP contribution in [0.1, 0.15) is 24.6 Å². The number of thiophene rings is 1. The third-order valence-electron chi connectivity index (χ3n) is 3.54. The summed E-state index contributed by atoms with van der Waals surface area (Å²) in [6, 6.07) is 4.27. The molecule has 2 N–H and O–H groups in total. The molecule has 94 valence electrons. The number of piperidine rings is 1. The molecule has 0 spiro atoms. The van der Waals surface area contributed by atoms with Crippen molar-refractivity contribution in [1.82, 2.24) is 4.90 Å². The Morgan fingerprint density at radius 2 is 2.29 bits per heavy atom. The van der Waals surface area contributed by atoms with Crippen molar-refractivity contribution in [2.75, 3.05) is 13.1 Å². The van der Waals surface area contributed by atoms with E-state index < -0.39 is 0 Å². The number of likely N-dealkylation sites (tertiary alicyclic amines) is 1. The fourth-order valence-electron chi connectivity index (χ4n) is 2.35. The molecule has 0 bridgehead atoms. The summed E-state index contributed by atoms with van der Waals surface area (Å²) in [7, 11) is 0. The van der Waals surface area contributed by atoms with Crippen LogP contribution in [0.25, 0.3) is 0 Å². The molecule has 3 nitrogen and oxygen atoms in total. The van der Waals surface area contributed by atoms with Crippen molar-refractivity contribution in [3.63, 3.8) is 0 Å². The molecule has 2 rings (SSSR count). The third-order valence-corrected chi connectivity index (χ3v) is 4.42. The Morgan fingerprint density at radius 3 is 2.82 bits per heavy atom. The minimum atomic E-state index is 0.254. The number of hydrogen-bond acceptors (Lipinski definition) is 3. The third kappa shape index (κ3) is 3.30. The molecule has 1 aromatic heterocycles. The van der Waals surface area contributed by atoms with E-state index in [9.17, 15) is 4.79 Å². The van der Waals surface area contributed by atoms with E-state index in [1.807, 2.05) is 22.4 Å². The summed E-state index contributed by atoms with van der Waals surface area (Å²) in [5, 5.41) is 2.02. The second-order valence-corrected chi connectivity index (χ2v) is 5.87. The molecular formula is C13H20N2OS. The number of carbonyl (C=O) groups excluding carboxylic acids is 1. The first-order chi connectivity index (χ1) is 8.16. The van der Waals surface area contributed by atoms with E-state index in [1.54, 1.807) is 11.3 Å². The van der Waals surface area contributed by atoms with E-state index in [2.05, 4.69) is 6.92 Å². The Bertz CT molecular complexity index is 354. The molecule has 1 aromatic rings. The monoisotopic (exact) mass is 252 g/mol. The molecule has 1 saturated heterocycles. The highest BCUT2D eigenvalue weighted by atomic mass is 32.1. The zero-order chi connectivity index (χ0) is 12.3. The predicted molar refractivity (Wildman–Crippen MR) is 71.0 cm³/mol. The molecule has 2 heterocycles. The normalized spacial score (nSPS) is 19.3. The zero-order valence-corrected chi connectivity index (χ0v) is 11.1. The lowest BCUT2D eigenvalue weighted by Gasteiger charge is -2.33. The van der Waals surface area contributed by atoms with Gasteiger partial charge in [-0.2, -0.15) is 0 Å². The Kier molecular flexibility index (Phi) is 4.18. The maximum Gasteiger partial charge on any atom is 0.227 e. The summed E-state index contributed by atoms with van der Waals surface area (Å²) >= 11 is 1.65. The van der Waals surface area contributed by atoms with E-state index >= 15 is 0 Å². The summed E-state index contributed by atoms with van der Waals surface area (Å²) in [4.78, 5) is 15.2. The van der Waals surface area contributed by atoms with Gasteiger partial charge in [0.15, 0.2) is 0 Å². The highest BCUT2D eigenvalue weighted by Crippen LogP contribution is 2.20. The topological polar surface area (TPSA) is 46.3 Å². The molecule has 0 saturated carbocycles. The van der Waals surface area contributed by atoms with Gasteiger partial charge >= 0.3 is 0 Å². The van der Waals surface area contributed by atoms with Gasteiger partial charge < -0.3 is 10.6 Å². The van der Waals surface area contributed by atoms with Crippen LogP contribution in [-0.4, -0.2) is 29.9 Å². The standard InChI is InChI=1S/C13H20N2OS/c1-10(14)11-4-6-15(7-5-11)13(16)9-12-3-2-8-17-12/h2-3,8,10-11H,4-7,9,14H2,1H3. The molecule has 1 fully saturated rings. The van der Waals surface area contributed by atoms with Crippen molar-refractivity contribution in [2.24, 2.45) is 11.7 Å². The predicted octanol–water partition coefficient (Wildman–Crippen LogP) is 1.88. The number of amides is 1. The lowest BCUT2D eigenvalue weighted by molar-refractivity contribution is -0.131. The fraction of sp³-hybridized carbons (Fsp3) is 0.615. The van der Waals surface area contributed by atoms with Crippen LogP contribution in [0.5, 0.6) is 0 Å². The molecule has 1 atom stereocenters. The molecule has 1 amide bonds. The van der Waals surface area contributed by atoms with Gasteiger partial charge in [0, 0.05) is 24.0 Å². The first-order valence-corrected chi connectivity index (χ1v) is 7.10. The average Bonchev–Trinajstić information content (AvgIpc) is 2.82.